The molecule has 4 N–H and O–H groups in total. The predicted octanol–water partition coefficient (Wildman–Crippen LogP) is 8.44. The Morgan fingerprint density at radius 2 is 1.68 bits per heavy atom. The van der Waals surface area contributed by atoms with E-state index in [1.807, 2.05) is 16.9 Å². The summed E-state index contributed by atoms with van der Waals surface area (Å²) >= 11 is 6.24. The molecule has 3 aromatic carbocycles. The summed E-state index contributed by atoms with van der Waals surface area (Å²) in [7, 11) is -11.0. The number of H-pyrrole nitrogens is 1. The minimum absolute atomic E-state index is 0.00234. The third-order valence-corrected chi connectivity index (χ3v) is 17.0. The van der Waals surface area contributed by atoms with E-state index in [2.05, 4.69) is 61.3 Å². The highest BCUT2D eigenvalue weighted by atomic mass is 35.5. The Balaban J connectivity index is 0.949. The quantitative estimate of drug-likeness (QED) is 0.0890. The van der Waals surface area contributed by atoms with Crippen LogP contribution in [0.3, 0.4) is 0 Å². The SMILES string of the molecule is CC1(C)CCC(CN2CCN(c3ccc(C(=O)NS(=O)(=O)c4ccc(N[C@H]5CCC(N6CCNCC6)C5)c(S(=O)(=O)C(F)(F)F)c4)c(Oc4cnc5[nH]ccc5c4)c3)CC2)=C(c2ccc(Cl)cc2)C1. The van der Waals surface area contributed by atoms with Crippen LogP contribution in [-0.4, -0.2) is 119 Å². The molecular formula is C49H56ClF3N8O6S2. The molecule has 69 heavy (non-hydrogen) atoms. The summed E-state index contributed by atoms with van der Waals surface area (Å²) in [6.07, 6.45) is 8.15. The molecule has 1 unspecified atom stereocenters. The standard InChI is InChI=1S/C49H56ClF3N8O6S2/c1-48(2)15-13-34(42(29-48)32-3-5-35(50)6-4-32)31-59-21-23-61(24-22-59)38-9-11-41(44(27-38)67-39-25-33-14-16-55-46(33)56-30-39)47(62)58-69(65,66)40-10-12-43(45(28-40)68(63,64)49(51,52)53)57-36-7-8-37(26-36)60-19-17-54-18-20-60/h3-6,9-12,14,16,25,27-28,30,36-37,54,57H,7-8,13,15,17-24,26,29,31H2,1-2H3,(H,55,56)(H,58,62)/t36-,37?/m0/s1. The number of allylic oxidation sites excluding steroid dienone is 1. The number of carbonyl (C=O) groups excluding carboxylic acids is 1. The van der Waals surface area contributed by atoms with Gasteiger partial charge in [0.05, 0.1) is 22.3 Å². The fourth-order valence-electron chi connectivity index (χ4n) is 10.0. The Kier molecular flexibility index (Phi) is 13.8. The minimum Gasteiger partial charge on any atom is -0.455 e. The van der Waals surface area contributed by atoms with Gasteiger partial charge in [-0.25, -0.2) is 26.5 Å². The van der Waals surface area contributed by atoms with Gasteiger partial charge in [0.1, 0.15) is 22.0 Å². The number of sulfone groups is 1. The lowest BCUT2D eigenvalue weighted by atomic mass is 9.72. The first-order chi connectivity index (χ1) is 32.8. The number of hydrogen-bond acceptors (Lipinski definition) is 12. The largest absolute Gasteiger partial charge is 0.501 e. The fraction of sp³-hybridized carbons (Fsp3) is 0.429. The summed E-state index contributed by atoms with van der Waals surface area (Å²) in [5, 5.41) is 7.68. The Morgan fingerprint density at radius 3 is 2.42 bits per heavy atom. The smallest absolute Gasteiger partial charge is 0.455 e. The van der Waals surface area contributed by atoms with E-state index in [4.69, 9.17) is 16.3 Å². The van der Waals surface area contributed by atoms with Crippen LogP contribution in [0.25, 0.3) is 16.6 Å². The third kappa shape index (κ3) is 10.9. The molecule has 3 fully saturated rings. The number of pyridine rings is 1. The summed E-state index contributed by atoms with van der Waals surface area (Å²) in [5.41, 5.74) is -0.819. The van der Waals surface area contributed by atoms with Gasteiger partial charge < -0.3 is 25.3 Å². The number of piperazine rings is 2. The number of anilines is 2. The number of aromatic nitrogens is 2. The van der Waals surface area contributed by atoms with Crippen LogP contribution in [0, 0.1) is 5.41 Å². The number of nitrogens with one attached hydrogen (secondary N) is 4. The topological polar surface area (TPSA) is 169 Å². The van der Waals surface area contributed by atoms with E-state index in [-0.39, 0.29) is 40.2 Å². The zero-order chi connectivity index (χ0) is 48.7. The number of sulfonamides is 1. The van der Waals surface area contributed by atoms with Crippen LogP contribution in [-0.2, 0) is 19.9 Å². The molecule has 0 radical (unpaired) electrons. The maximum atomic E-state index is 14.2. The molecule has 5 aromatic rings. The lowest BCUT2D eigenvalue weighted by Crippen LogP contribution is -2.47. The second-order valence-electron chi connectivity index (χ2n) is 19.2. The van der Waals surface area contributed by atoms with E-state index in [1.165, 1.54) is 29.0 Å². The lowest BCUT2D eigenvalue weighted by molar-refractivity contribution is -0.0435. The van der Waals surface area contributed by atoms with Gasteiger partial charge in [-0.2, -0.15) is 13.2 Å². The third-order valence-electron chi connectivity index (χ3n) is 13.9. The number of rotatable bonds is 13. The van der Waals surface area contributed by atoms with E-state index < -0.39 is 41.1 Å². The average Bonchev–Trinajstić information content (AvgIpc) is 4.00. The second kappa shape index (κ2) is 19.5. The number of ether oxygens (including phenoxy) is 1. The van der Waals surface area contributed by atoms with E-state index in [1.54, 1.807) is 30.5 Å². The summed E-state index contributed by atoms with van der Waals surface area (Å²) in [5.74, 6) is -0.893. The molecule has 4 heterocycles. The first kappa shape index (κ1) is 48.8. The van der Waals surface area contributed by atoms with Gasteiger partial charge in [-0.1, -0.05) is 43.2 Å². The van der Waals surface area contributed by atoms with Gasteiger partial charge in [0.25, 0.3) is 25.8 Å². The summed E-state index contributed by atoms with van der Waals surface area (Å²) < 4.78 is 105. The molecule has 0 spiro atoms. The highest BCUT2D eigenvalue weighted by Crippen LogP contribution is 2.44. The summed E-state index contributed by atoms with van der Waals surface area (Å²) in [6.45, 7) is 11.5. The molecule has 2 saturated heterocycles. The van der Waals surface area contributed by atoms with Gasteiger partial charge in [0.15, 0.2) is 0 Å². The van der Waals surface area contributed by atoms with E-state index >= 15 is 0 Å². The van der Waals surface area contributed by atoms with Crippen molar-refractivity contribution in [1.82, 2.24) is 29.8 Å². The average molecular weight is 1010 g/mol. The molecule has 0 bridgehead atoms. The number of amides is 1. The monoisotopic (exact) mass is 1010 g/mol. The number of fused-ring (bicyclic) bond motifs is 1. The van der Waals surface area contributed by atoms with Crippen molar-refractivity contribution >= 4 is 65.3 Å². The predicted molar refractivity (Wildman–Crippen MR) is 261 cm³/mol. The van der Waals surface area contributed by atoms with Crippen molar-refractivity contribution in [1.29, 1.82) is 0 Å². The van der Waals surface area contributed by atoms with Crippen LogP contribution in [0.1, 0.15) is 68.3 Å². The fourth-order valence-corrected chi connectivity index (χ4v) is 12.2. The highest BCUT2D eigenvalue weighted by molar-refractivity contribution is 7.92. The van der Waals surface area contributed by atoms with Crippen LogP contribution < -0.4 is 25.0 Å². The van der Waals surface area contributed by atoms with Crippen LogP contribution in [0.4, 0.5) is 24.5 Å². The van der Waals surface area contributed by atoms with Crippen molar-refractivity contribution in [3.63, 3.8) is 0 Å². The maximum absolute atomic E-state index is 14.2. The van der Waals surface area contributed by atoms with Crippen LogP contribution >= 0.6 is 11.6 Å². The lowest BCUT2D eigenvalue weighted by Gasteiger charge is -2.39. The summed E-state index contributed by atoms with van der Waals surface area (Å²) in [4.78, 5) is 26.3. The normalized spacial score (nSPS) is 20.9. The van der Waals surface area contributed by atoms with Gasteiger partial charge in [0, 0.05) is 99.3 Å². The number of hydrogen-bond donors (Lipinski definition) is 4. The molecule has 2 aliphatic heterocycles. The molecule has 368 valence electrons. The molecule has 4 aliphatic rings. The van der Waals surface area contributed by atoms with E-state index in [0.717, 1.165) is 89.0 Å². The van der Waals surface area contributed by atoms with Crippen molar-refractivity contribution in [2.45, 2.75) is 79.8 Å². The van der Waals surface area contributed by atoms with Gasteiger partial charge in [-0.15, -0.1) is 0 Å². The molecule has 1 amide bonds. The minimum atomic E-state index is -6.05. The van der Waals surface area contributed by atoms with Crippen molar-refractivity contribution < 1.29 is 39.5 Å². The van der Waals surface area contributed by atoms with Gasteiger partial charge in [-0.3, -0.25) is 14.6 Å². The van der Waals surface area contributed by atoms with Gasteiger partial charge in [0.2, 0.25) is 0 Å². The molecule has 2 aromatic heterocycles. The Bertz CT molecular complexity index is 2970. The van der Waals surface area contributed by atoms with Crippen molar-refractivity contribution in [2.75, 3.05) is 69.1 Å². The van der Waals surface area contributed by atoms with E-state index in [9.17, 15) is 34.8 Å². The number of alkyl halides is 3. The van der Waals surface area contributed by atoms with Crippen molar-refractivity contribution in [3.8, 4) is 11.5 Å². The number of halogens is 4. The van der Waals surface area contributed by atoms with Crippen LogP contribution in [0.5, 0.6) is 11.5 Å². The van der Waals surface area contributed by atoms with Gasteiger partial charge >= 0.3 is 5.51 Å². The molecule has 20 heteroatoms. The van der Waals surface area contributed by atoms with Gasteiger partial charge in [-0.05, 0) is 110 Å². The zero-order valence-corrected chi connectivity index (χ0v) is 40.8. The molecule has 14 nitrogen and oxygen atoms in total. The van der Waals surface area contributed by atoms with Crippen molar-refractivity contribution in [3.05, 3.63) is 107 Å². The van der Waals surface area contributed by atoms with Crippen LogP contribution in [0.15, 0.2) is 101 Å². The zero-order valence-electron chi connectivity index (χ0n) is 38.4. The maximum Gasteiger partial charge on any atom is 0.501 e. The summed E-state index contributed by atoms with van der Waals surface area (Å²) in [6, 6.07) is 18.6. The highest BCUT2D eigenvalue weighted by Gasteiger charge is 2.49. The molecule has 9 rings (SSSR count). The molecule has 1 saturated carbocycles. The van der Waals surface area contributed by atoms with Crippen LogP contribution in [0.2, 0.25) is 5.02 Å². The van der Waals surface area contributed by atoms with E-state index in [0.29, 0.717) is 48.4 Å². The molecule has 2 aliphatic carbocycles. The number of nitrogens with zero attached hydrogens (tertiary/aromatic N) is 4. The molecule has 2 atom stereocenters. The Labute approximate surface area is 405 Å². The first-order valence-electron chi connectivity index (χ1n) is 23.2. The Morgan fingerprint density at radius 1 is 0.928 bits per heavy atom. The number of aromatic amines is 1. The van der Waals surface area contributed by atoms with Crippen molar-refractivity contribution in [2.24, 2.45) is 5.41 Å². The first-order valence-corrected chi connectivity index (χ1v) is 26.6. The second-order valence-corrected chi connectivity index (χ2v) is 23.2. The number of carbonyl (C=O) groups is 1. The molecular weight excluding hydrogens is 953 g/mol. The number of benzene rings is 3. The Hall–Kier alpha value is -5.18.